The van der Waals surface area contributed by atoms with Crippen LogP contribution in [0, 0.1) is 5.92 Å². The molecule has 0 aliphatic rings. The maximum atomic E-state index is 11.1. The summed E-state index contributed by atoms with van der Waals surface area (Å²) in [6.07, 6.45) is 0.447. The van der Waals surface area contributed by atoms with Crippen LogP contribution in [-0.2, 0) is 4.79 Å². The van der Waals surface area contributed by atoms with Crippen molar-refractivity contribution in [3.05, 3.63) is 23.8 Å². The van der Waals surface area contributed by atoms with E-state index in [2.05, 4.69) is 0 Å². The molecule has 0 saturated heterocycles. The zero-order valence-corrected chi connectivity index (χ0v) is 11.6. The van der Waals surface area contributed by atoms with Crippen LogP contribution in [0.3, 0.4) is 0 Å². The molecule has 0 amide bonds. The van der Waals surface area contributed by atoms with Crippen LogP contribution in [0.1, 0.15) is 24.8 Å². The maximum absolute atomic E-state index is 11.1. The molecule has 5 heteroatoms. The number of ether oxygens (including phenoxy) is 2. The summed E-state index contributed by atoms with van der Waals surface area (Å²) in [4.78, 5) is 11.1. The van der Waals surface area contributed by atoms with Crippen LogP contribution in [0.4, 0.5) is 0 Å². The lowest BCUT2D eigenvalue weighted by Crippen LogP contribution is -2.25. The van der Waals surface area contributed by atoms with Gasteiger partial charge >= 0.3 is 5.97 Å². The van der Waals surface area contributed by atoms with Crippen molar-refractivity contribution in [2.75, 3.05) is 20.8 Å². The summed E-state index contributed by atoms with van der Waals surface area (Å²) in [5.41, 5.74) is 6.38. The molecule has 0 aromatic heterocycles. The van der Waals surface area contributed by atoms with E-state index in [0.717, 1.165) is 5.56 Å². The van der Waals surface area contributed by atoms with Crippen molar-refractivity contribution in [3.8, 4) is 11.5 Å². The zero-order chi connectivity index (χ0) is 14.4. The molecule has 106 valence electrons. The average Bonchev–Trinajstić information content (AvgIpc) is 2.42. The molecule has 5 nitrogen and oxygen atoms in total. The number of hydrogen-bond donors (Lipinski definition) is 2. The Labute approximate surface area is 113 Å². The number of nitrogens with two attached hydrogens (primary N) is 1. The van der Waals surface area contributed by atoms with E-state index in [1.807, 2.05) is 25.1 Å². The Morgan fingerprint density at radius 1 is 1.32 bits per heavy atom. The second kappa shape index (κ2) is 6.99. The van der Waals surface area contributed by atoms with Crippen LogP contribution in [0.15, 0.2) is 18.2 Å². The third kappa shape index (κ3) is 3.61. The molecular formula is C14H21NO4. The summed E-state index contributed by atoms with van der Waals surface area (Å²) in [5.74, 6) is -0.0513. The molecule has 0 saturated carbocycles. The molecule has 1 aromatic carbocycles. The number of carboxylic acid groups (broad SMARTS) is 1. The van der Waals surface area contributed by atoms with Crippen molar-refractivity contribution < 1.29 is 19.4 Å². The highest BCUT2D eigenvalue weighted by molar-refractivity contribution is 5.70. The first-order valence-electron chi connectivity index (χ1n) is 6.18. The van der Waals surface area contributed by atoms with E-state index in [-0.39, 0.29) is 12.5 Å². The highest BCUT2D eigenvalue weighted by atomic mass is 16.5. The molecule has 0 radical (unpaired) electrons. The molecule has 1 rings (SSSR count). The molecule has 19 heavy (non-hydrogen) atoms. The maximum Gasteiger partial charge on any atom is 0.307 e. The zero-order valence-electron chi connectivity index (χ0n) is 11.6. The number of benzene rings is 1. The van der Waals surface area contributed by atoms with Crippen molar-refractivity contribution >= 4 is 5.97 Å². The number of carboxylic acids is 1. The summed E-state index contributed by atoms with van der Waals surface area (Å²) in [6.45, 7) is 2.07. The van der Waals surface area contributed by atoms with Crippen molar-refractivity contribution in [1.29, 1.82) is 0 Å². The summed E-state index contributed by atoms with van der Waals surface area (Å²) in [5, 5.41) is 9.08. The second-order valence-corrected chi connectivity index (χ2v) is 4.48. The van der Waals surface area contributed by atoms with Crippen LogP contribution in [-0.4, -0.2) is 31.8 Å². The topological polar surface area (TPSA) is 81.8 Å². The third-order valence-electron chi connectivity index (χ3n) is 3.23. The van der Waals surface area contributed by atoms with Crippen molar-refractivity contribution in [2.45, 2.75) is 19.3 Å². The minimum atomic E-state index is -0.872. The van der Waals surface area contributed by atoms with Crippen LogP contribution in [0.5, 0.6) is 11.5 Å². The van der Waals surface area contributed by atoms with Gasteiger partial charge in [0.05, 0.1) is 20.1 Å². The fourth-order valence-corrected chi connectivity index (χ4v) is 2.21. The first kappa shape index (κ1) is 15.3. The number of hydrogen-bond acceptors (Lipinski definition) is 4. The van der Waals surface area contributed by atoms with Gasteiger partial charge in [0.25, 0.3) is 0 Å². The van der Waals surface area contributed by atoms with Gasteiger partial charge in [-0.2, -0.15) is 0 Å². The molecule has 0 fully saturated rings. The second-order valence-electron chi connectivity index (χ2n) is 4.48. The smallest absolute Gasteiger partial charge is 0.307 e. The van der Waals surface area contributed by atoms with E-state index in [1.54, 1.807) is 14.2 Å². The number of carbonyl (C=O) groups is 1. The van der Waals surface area contributed by atoms with Gasteiger partial charge in [-0.05, 0) is 24.5 Å². The van der Waals surface area contributed by atoms with Gasteiger partial charge in [0.1, 0.15) is 11.5 Å². The first-order chi connectivity index (χ1) is 9.04. The van der Waals surface area contributed by atoms with E-state index in [0.29, 0.717) is 17.9 Å². The van der Waals surface area contributed by atoms with Gasteiger partial charge in [-0.25, -0.2) is 0 Å². The van der Waals surface area contributed by atoms with Crippen molar-refractivity contribution in [2.24, 2.45) is 11.7 Å². The minimum Gasteiger partial charge on any atom is -0.496 e. The molecule has 1 aromatic rings. The Bertz CT molecular complexity index is 411. The molecule has 3 N–H and O–H groups in total. The van der Waals surface area contributed by atoms with Gasteiger partial charge in [-0.1, -0.05) is 13.0 Å². The normalized spacial score (nSPS) is 13.7. The highest BCUT2D eigenvalue weighted by Gasteiger charge is 2.24. The van der Waals surface area contributed by atoms with E-state index in [4.69, 9.17) is 20.3 Å². The largest absolute Gasteiger partial charge is 0.496 e. The van der Waals surface area contributed by atoms with Gasteiger partial charge in [0.2, 0.25) is 0 Å². The van der Waals surface area contributed by atoms with Crippen LogP contribution in [0.25, 0.3) is 0 Å². The van der Waals surface area contributed by atoms with Gasteiger partial charge in [-0.3, -0.25) is 4.79 Å². The van der Waals surface area contributed by atoms with Crippen molar-refractivity contribution in [3.63, 3.8) is 0 Å². The summed E-state index contributed by atoms with van der Waals surface area (Å²) < 4.78 is 10.7. The van der Waals surface area contributed by atoms with E-state index in [9.17, 15) is 4.79 Å². The van der Waals surface area contributed by atoms with E-state index in [1.165, 1.54) is 0 Å². The van der Waals surface area contributed by atoms with Crippen LogP contribution < -0.4 is 15.2 Å². The Hall–Kier alpha value is -1.75. The van der Waals surface area contributed by atoms with Crippen LogP contribution in [0.2, 0.25) is 0 Å². The molecule has 2 atom stereocenters. The number of rotatable bonds is 7. The van der Waals surface area contributed by atoms with Crippen molar-refractivity contribution in [1.82, 2.24) is 0 Å². The summed E-state index contributed by atoms with van der Waals surface area (Å²) in [6, 6.07) is 5.52. The average molecular weight is 267 g/mol. The lowest BCUT2D eigenvalue weighted by atomic mass is 9.89. The standard InChI is InChI=1S/C14H21NO4/c1-9(7-10(8-15)14(16)17)13-11(18-2)5-4-6-12(13)19-3/h4-6,9-10H,7-8,15H2,1-3H3,(H,16,17). The summed E-state index contributed by atoms with van der Waals surface area (Å²) in [7, 11) is 3.17. The SMILES string of the molecule is COc1cccc(OC)c1C(C)CC(CN)C(=O)O. The molecule has 0 aliphatic carbocycles. The predicted octanol–water partition coefficient (Wildman–Crippen LogP) is 1.86. The van der Waals surface area contributed by atoms with E-state index < -0.39 is 11.9 Å². The molecule has 0 bridgehead atoms. The van der Waals surface area contributed by atoms with Gasteiger partial charge in [-0.15, -0.1) is 0 Å². The minimum absolute atomic E-state index is 0.0178. The monoisotopic (exact) mass is 267 g/mol. The number of methoxy groups -OCH3 is 2. The van der Waals surface area contributed by atoms with Gasteiger partial charge in [0, 0.05) is 12.1 Å². The van der Waals surface area contributed by atoms with E-state index >= 15 is 0 Å². The predicted molar refractivity (Wildman–Crippen MR) is 72.8 cm³/mol. The molecule has 0 aliphatic heterocycles. The lowest BCUT2D eigenvalue weighted by Gasteiger charge is -2.21. The number of aliphatic carboxylic acids is 1. The third-order valence-corrected chi connectivity index (χ3v) is 3.23. The highest BCUT2D eigenvalue weighted by Crippen LogP contribution is 2.37. The molecule has 2 unspecified atom stereocenters. The Kier molecular flexibility index (Phi) is 5.63. The molecular weight excluding hydrogens is 246 g/mol. The van der Waals surface area contributed by atoms with Crippen LogP contribution >= 0.6 is 0 Å². The van der Waals surface area contributed by atoms with Gasteiger partial charge < -0.3 is 20.3 Å². The first-order valence-corrected chi connectivity index (χ1v) is 6.18. The lowest BCUT2D eigenvalue weighted by molar-refractivity contribution is -0.141. The fourth-order valence-electron chi connectivity index (χ4n) is 2.21. The van der Waals surface area contributed by atoms with Gasteiger partial charge in [0.15, 0.2) is 0 Å². The Morgan fingerprint density at radius 3 is 2.21 bits per heavy atom. The molecule has 0 heterocycles. The quantitative estimate of drug-likeness (QED) is 0.788. The summed E-state index contributed by atoms with van der Waals surface area (Å²) >= 11 is 0. The molecule has 0 spiro atoms. The Morgan fingerprint density at radius 2 is 1.84 bits per heavy atom. The Balaban J connectivity index is 3.03. The fraction of sp³-hybridized carbons (Fsp3) is 0.500.